The van der Waals surface area contributed by atoms with E-state index in [0.29, 0.717) is 35.7 Å². The number of methoxy groups -OCH3 is 1. The first-order valence-electron chi connectivity index (χ1n) is 14.4. The van der Waals surface area contributed by atoms with Crippen LogP contribution in [0.15, 0.2) is 54.6 Å². The van der Waals surface area contributed by atoms with Gasteiger partial charge in [-0.25, -0.2) is 4.79 Å². The number of nitrogens with zero attached hydrogens (tertiary/aromatic N) is 1. The summed E-state index contributed by atoms with van der Waals surface area (Å²) >= 11 is 1.59. The van der Waals surface area contributed by atoms with Crippen LogP contribution in [0.5, 0.6) is 5.75 Å². The molecule has 0 aliphatic rings. The molecule has 0 fully saturated rings. The zero-order chi connectivity index (χ0) is 30.3. The number of rotatable bonds is 16. The average Bonchev–Trinajstić information content (AvgIpc) is 2.94. The highest BCUT2D eigenvalue weighted by Gasteiger charge is 2.36. The number of alkyl carbamates (subject to hydrolysis) is 1. The summed E-state index contributed by atoms with van der Waals surface area (Å²) in [5.74, 6) is 0.699. The van der Waals surface area contributed by atoms with Crippen LogP contribution in [0.3, 0.4) is 0 Å². The van der Waals surface area contributed by atoms with Crippen molar-refractivity contribution in [3.05, 3.63) is 60.2 Å². The van der Waals surface area contributed by atoms with E-state index in [9.17, 15) is 14.4 Å². The molecule has 2 aromatic carbocycles. The molecule has 0 spiro atoms. The Morgan fingerprint density at radius 1 is 0.951 bits per heavy atom. The lowest BCUT2D eigenvalue weighted by atomic mass is 10.0. The largest absolute Gasteiger partial charge is 0.497 e. The molecule has 226 valence electrons. The molecular formula is C32H47N3O5S. The Labute approximate surface area is 249 Å². The molecule has 0 radical (unpaired) electrons. The van der Waals surface area contributed by atoms with Gasteiger partial charge in [0.1, 0.15) is 23.4 Å². The van der Waals surface area contributed by atoms with Crippen LogP contribution in [0.1, 0.15) is 77.8 Å². The summed E-state index contributed by atoms with van der Waals surface area (Å²) in [5.41, 5.74) is 0.584. The molecule has 0 saturated carbocycles. The molecule has 0 saturated heterocycles. The molecule has 0 heterocycles. The molecule has 0 bridgehead atoms. The van der Waals surface area contributed by atoms with Gasteiger partial charge in [-0.1, -0.05) is 62.9 Å². The van der Waals surface area contributed by atoms with Gasteiger partial charge in [-0.15, -0.1) is 0 Å². The van der Waals surface area contributed by atoms with E-state index in [1.165, 1.54) is 0 Å². The van der Waals surface area contributed by atoms with E-state index in [1.807, 2.05) is 36.6 Å². The van der Waals surface area contributed by atoms with Gasteiger partial charge in [-0.2, -0.15) is 11.8 Å². The number of nitrogens with one attached hydrogen (secondary N) is 2. The maximum Gasteiger partial charge on any atom is 0.408 e. The summed E-state index contributed by atoms with van der Waals surface area (Å²) in [4.78, 5) is 42.6. The lowest BCUT2D eigenvalue weighted by Gasteiger charge is -2.34. The highest BCUT2D eigenvalue weighted by Crippen LogP contribution is 2.26. The third kappa shape index (κ3) is 12.1. The molecule has 0 aromatic heterocycles. The van der Waals surface area contributed by atoms with Crippen LogP contribution in [0, 0.1) is 0 Å². The molecule has 0 aliphatic heterocycles. The van der Waals surface area contributed by atoms with Crippen LogP contribution in [0.4, 0.5) is 10.5 Å². The van der Waals surface area contributed by atoms with Crippen LogP contribution in [-0.2, 0) is 14.3 Å². The van der Waals surface area contributed by atoms with Crippen molar-refractivity contribution in [2.75, 3.05) is 31.0 Å². The minimum Gasteiger partial charge on any atom is -0.497 e. The van der Waals surface area contributed by atoms with Crippen molar-refractivity contribution in [3.63, 3.8) is 0 Å². The number of carbonyl (C=O) groups excluding carboxylic acids is 3. The van der Waals surface area contributed by atoms with E-state index >= 15 is 0 Å². The SMILES string of the molecule is CCCCCCCN(C(=O)C(CCSC)NC(=O)OC(C)(C)C)C(C(=O)Nc1ccc(OC)cc1)c1ccccc1. The Hall–Kier alpha value is -3.20. The fraction of sp³-hybridized carbons (Fsp3) is 0.531. The van der Waals surface area contributed by atoms with Gasteiger partial charge in [0.25, 0.3) is 5.91 Å². The first kappa shape index (κ1) is 34.0. The van der Waals surface area contributed by atoms with Crippen molar-refractivity contribution in [1.82, 2.24) is 10.2 Å². The molecular weight excluding hydrogens is 538 g/mol. The second-order valence-corrected chi connectivity index (χ2v) is 11.9. The molecule has 3 amide bonds. The number of hydrogen-bond donors (Lipinski definition) is 2. The number of thioether (sulfide) groups is 1. The van der Waals surface area contributed by atoms with Crippen LogP contribution in [-0.4, -0.2) is 60.1 Å². The summed E-state index contributed by atoms with van der Waals surface area (Å²) < 4.78 is 10.7. The summed E-state index contributed by atoms with van der Waals surface area (Å²) in [6, 6.07) is 14.6. The van der Waals surface area contributed by atoms with Gasteiger partial charge in [-0.3, -0.25) is 9.59 Å². The van der Waals surface area contributed by atoms with Crippen molar-refractivity contribution in [3.8, 4) is 5.75 Å². The second-order valence-electron chi connectivity index (χ2n) is 11.0. The normalized spacial score (nSPS) is 12.6. The Morgan fingerprint density at radius 3 is 2.20 bits per heavy atom. The first-order chi connectivity index (χ1) is 19.6. The van der Waals surface area contributed by atoms with Gasteiger partial charge < -0.3 is 25.0 Å². The Kier molecular flexibility index (Phi) is 14.6. The number of ether oxygens (including phenoxy) is 2. The minimum atomic E-state index is -0.894. The smallest absolute Gasteiger partial charge is 0.408 e. The van der Waals surface area contributed by atoms with Crippen molar-refractivity contribution in [2.24, 2.45) is 0 Å². The first-order valence-corrected chi connectivity index (χ1v) is 15.8. The highest BCUT2D eigenvalue weighted by atomic mass is 32.2. The number of benzene rings is 2. The van der Waals surface area contributed by atoms with E-state index in [0.717, 1.165) is 32.1 Å². The molecule has 0 aliphatic carbocycles. The topological polar surface area (TPSA) is 97.0 Å². The summed E-state index contributed by atoms with van der Waals surface area (Å²) in [6.07, 6.45) is 6.67. The predicted molar refractivity (Wildman–Crippen MR) is 167 cm³/mol. The van der Waals surface area contributed by atoms with E-state index in [1.54, 1.807) is 68.8 Å². The van der Waals surface area contributed by atoms with Gasteiger partial charge in [0.05, 0.1) is 7.11 Å². The third-order valence-corrected chi connectivity index (χ3v) is 7.06. The van der Waals surface area contributed by atoms with Crippen molar-refractivity contribution in [2.45, 2.75) is 83.9 Å². The van der Waals surface area contributed by atoms with Gasteiger partial charge >= 0.3 is 6.09 Å². The van der Waals surface area contributed by atoms with E-state index in [4.69, 9.17) is 9.47 Å². The standard InChI is InChI=1S/C32H47N3O5S/c1-7-8-9-10-14-22-35(30(37)27(21-23-41-6)34-31(38)40-32(2,3)4)28(24-15-12-11-13-16-24)29(36)33-25-17-19-26(39-5)20-18-25/h11-13,15-20,27-28H,7-10,14,21-23H2,1-6H3,(H,33,36)(H,34,38). The monoisotopic (exact) mass is 585 g/mol. The van der Waals surface area contributed by atoms with Crippen molar-refractivity contribution in [1.29, 1.82) is 0 Å². The van der Waals surface area contributed by atoms with Gasteiger partial charge in [0, 0.05) is 12.2 Å². The third-order valence-electron chi connectivity index (χ3n) is 6.42. The fourth-order valence-electron chi connectivity index (χ4n) is 4.39. The van der Waals surface area contributed by atoms with Crippen LogP contribution in [0.2, 0.25) is 0 Å². The summed E-state index contributed by atoms with van der Waals surface area (Å²) in [5, 5.41) is 5.78. The Bertz CT molecular complexity index is 1070. The predicted octanol–water partition coefficient (Wildman–Crippen LogP) is 6.82. The van der Waals surface area contributed by atoms with E-state index in [2.05, 4.69) is 17.6 Å². The molecule has 2 N–H and O–H groups in total. The van der Waals surface area contributed by atoms with E-state index < -0.39 is 23.8 Å². The molecule has 2 rings (SSSR count). The summed E-state index contributed by atoms with van der Waals surface area (Å²) in [6.45, 7) is 7.88. The van der Waals surface area contributed by atoms with Gasteiger partial charge in [0.2, 0.25) is 5.91 Å². The average molecular weight is 586 g/mol. The number of amides is 3. The van der Waals surface area contributed by atoms with Gasteiger partial charge in [-0.05, 0) is 75.5 Å². The maximum absolute atomic E-state index is 14.3. The molecule has 9 heteroatoms. The fourth-order valence-corrected chi connectivity index (χ4v) is 4.86. The van der Waals surface area contributed by atoms with Crippen molar-refractivity contribution >= 4 is 35.4 Å². The molecule has 2 atom stereocenters. The zero-order valence-corrected chi connectivity index (χ0v) is 26.2. The second kappa shape index (κ2) is 17.6. The molecule has 2 aromatic rings. The maximum atomic E-state index is 14.3. The van der Waals surface area contributed by atoms with Crippen molar-refractivity contribution < 1.29 is 23.9 Å². The molecule has 2 unspecified atom stereocenters. The van der Waals surface area contributed by atoms with Gasteiger partial charge in [0.15, 0.2) is 0 Å². The molecule has 41 heavy (non-hydrogen) atoms. The Balaban J connectivity index is 2.45. The van der Waals surface area contributed by atoms with Crippen LogP contribution in [0.25, 0.3) is 0 Å². The number of anilines is 1. The summed E-state index contributed by atoms with van der Waals surface area (Å²) in [7, 11) is 1.59. The van der Waals surface area contributed by atoms with E-state index in [-0.39, 0.29) is 11.8 Å². The number of carbonyl (C=O) groups is 3. The Morgan fingerprint density at radius 2 is 1.61 bits per heavy atom. The highest BCUT2D eigenvalue weighted by molar-refractivity contribution is 7.98. The lowest BCUT2D eigenvalue weighted by Crippen LogP contribution is -2.52. The van der Waals surface area contributed by atoms with Crippen LogP contribution >= 0.6 is 11.8 Å². The minimum absolute atomic E-state index is 0.306. The number of unbranched alkanes of at least 4 members (excludes halogenated alkanes) is 4. The van der Waals surface area contributed by atoms with Crippen LogP contribution < -0.4 is 15.4 Å². The zero-order valence-electron chi connectivity index (χ0n) is 25.4. The quantitative estimate of drug-likeness (QED) is 0.210. The lowest BCUT2D eigenvalue weighted by molar-refractivity contribution is -0.141. The number of hydrogen-bond acceptors (Lipinski definition) is 6. The molecule has 8 nitrogen and oxygen atoms in total.